The minimum absolute atomic E-state index is 0.0663. The van der Waals surface area contributed by atoms with Crippen molar-refractivity contribution in [2.75, 3.05) is 18.5 Å². The van der Waals surface area contributed by atoms with E-state index in [1.54, 1.807) is 0 Å². The van der Waals surface area contributed by atoms with Crippen molar-refractivity contribution < 1.29 is 14.6 Å². The lowest BCUT2D eigenvalue weighted by Crippen LogP contribution is -2.20. The van der Waals surface area contributed by atoms with E-state index in [0.29, 0.717) is 19.0 Å². The summed E-state index contributed by atoms with van der Waals surface area (Å²) in [5.74, 6) is -0.543. The number of carbonyl (C=O) groups is 1. The van der Waals surface area contributed by atoms with Crippen LogP contribution in [0.15, 0.2) is 12.4 Å². The monoisotopic (exact) mass is 225 g/mol. The molecule has 0 aromatic carbocycles. The second-order valence-electron chi connectivity index (χ2n) is 3.24. The molecule has 6 heteroatoms. The predicted octanol–water partition coefficient (Wildman–Crippen LogP) is 1.01. The van der Waals surface area contributed by atoms with E-state index in [1.165, 1.54) is 12.4 Å². The number of carboxylic acids is 1. The van der Waals surface area contributed by atoms with Crippen LogP contribution in [-0.2, 0) is 4.74 Å². The molecule has 0 aliphatic carbocycles. The van der Waals surface area contributed by atoms with E-state index in [9.17, 15) is 4.79 Å². The first-order valence-electron chi connectivity index (χ1n) is 5.04. The third-order valence-electron chi connectivity index (χ3n) is 1.89. The van der Waals surface area contributed by atoms with Gasteiger partial charge in [0.05, 0.1) is 18.5 Å². The molecule has 0 fully saturated rings. The van der Waals surface area contributed by atoms with Gasteiger partial charge in [0.2, 0.25) is 0 Å². The fourth-order valence-corrected chi connectivity index (χ4v) is 1.12. The van der Waals surface area contributed by atoms with Gasteiger partial charge >= 0.3 is 5.97 Å². The SMILES string of the molecule is CCOC(C)CNc1cnc(C(=O)O)cn1. The lowest BCUT2D eigenvalue weighted by Gasteiger charge is -2.12. The number of aromatic nitrogens is 2. The summed E-state index contributed by atoms with van der Waals surface area (Å²) in [6.07, 6.45) is 2.68. The maximum Gasteiger partial charge on any atom is 0.356 e. The van der Waals surface area contributed by atoms with Gasteiger partial charge in [0.25, 0.3) is 0 Å². The molecule has 16 heavy (non-hydrogen) atoms. The number of nitrogens with one attached hydrogen (secondary N) is 1. The highest BCUT2D eigenvalue weighted by molar-refractivity contribution is 5.84. The fourth-order valence-electron chi connectivity index (χ4n) is 1.12. The Morgan fingerprint density at radius 3 is 2.81 bits per heavy atom. The van der Waals surface area contributed by atoms with Crippen LogP contribution in [0.2, 0.25) is 0 Å². The minimum atomic E-state index is -1.08. The van der Waals surface area contributed by atoms with E-state index in [4.69, 9.17) is 9.84 Å². The van der Waals surface area contributed by atoms with Gasteiger partial charge in [-0.05, 0) is 13.8 Å². The number of carboxylic acid groups (broad SMARTS) is 1. The van der Waals surface area contributed by atoms with Crippen LogP contribution >= 0.6 is 0 Å². The Kier molecular flexibility index (Phi) is 4.65. The summed E-state index contributed by atoms with van der Waals surface area (Å²) in [6, 6.07) is 0. The van der Waals surface area contributed by atoms with Crippen molar-refractivity contribution in [3.63, 3.8) is 0 Å². The van der Waals surface area contributed by atoms with Gasteiger partial charge in [0.1, 0.15) is 5.82 Å². The van der Waals surface area contributed by atoms with Gasteiger partial charge in [-0.2, -0.15) is 0 Å². The summed E-state index contributed by atoms with van der Waals surface area (Å²) in [4.78, 5) is 18.2. The highest BCUT2D eigenvalue weighted by Gasteiger charge is 2.05. The van der Waals surface area contributed by atoms with E-state index in [0.717, 1.165) is 0 Å². The van der Waals surface area contributed by atoms with E-state index < -0.39 is 5.97 Å². The van der Waals surface area contributed by atoms with Crippen molar-refractivity contribution >= 4 is 11.8 Å². The molecule has 0 saturated heterocycles. The Morgan fingerprint density at radius 2 is 2.31 bits per heavy atom. The molecule has 1 atom stereocenters. The maximum atomic E-state index is 10.5. The summed E-state index contributed by atoms with van der Waals surface area (Å²) < 4.78 is 5.32. The molecule has 1 aromatic rings. The van der Waals surface area contributed by atoms with E-state index in [1.807, 2.05) is 13.8 Å². The van der Waals surface area contributed by atoms with Crippen molar-refractivity contribution in [1.82, 2.24) is 9.97 Å². The minimum Gasteiger partial charge on any atom is -0.476 e. The molecule has 1 unspecified atom stereocenters. The summed E-state index contributed by atoms with van der Waals surface area (Å²) >= 11 is 0. The van der Waals surface area contributed by atoms with Crippen LogP contribution in [0.25, 0.3) is 0 Å². The molecule has 0 saturated carbocycles. The summed E-state index contributed by atoms with van der Waals surface area (Å²) in [7, 11) is 0. The first-order valence-corrected chi connectivity index (χ1v) is 5.04. The molecule has 0 aliphatic heterocycles. The molecular formula is C10H15N3O3. The first-order chi connectivity index (χ1) is 7.63. The number of anilines is 1. The highest BCUT2D eigenvalue weighted by Crippen LogP contribution is 2.02. The molecule has 1 heterocycles. The van der Waals surface area contributed by atoms with Crippen LogP contribution in [0.4, 0.5) is 5.82 Å². The molecule has 1 rings (SSSR count). The Balaban J connectivity index is 2.46. The van der Waals surface area contributed by atoms with Crippen molar-refractivity contribution in [2.45, 2.75) is 20.0 Å². The molecule has 0 radical (unpaired) electrons. The summed E-state index contributed by atoms with van der Waals surface area (Å²) in [5, 5.41) is 11.6. The van der Waals surface area contributed by atoms with Crippen molar-refractivity contribution in [2.24, 2.45) is 0 Å². The van der Waals surface area contributed by atoms with Gasteiger partial charge in [-0.3, -0.25) is 0 Å². The van der Waals surface area contributed by atoms with Crippen LogP contribution in [0.5, 0.6) is 0 Å². The standard InChI is InChI=1S/C10H15N3O3/c1-3-16-7(2)4-12-9-6-11-8(5-13-9)10(14)15/h5-7H,3-4H2,1-2H3,(H,12,13)(H,14,15). The number of aromatic carboxylic acids is 1. The molecular weight excluding hydrogens is 210 g/mol. The topological polar surface area (TPSA) is 84.3 Å². The zero-order chi connectivity index (χ0) is 12.0. The second kappa shape index (κ2) is 6.02. The third kappa shape index (κ3) is 3.82. The number of rotatable bonds is 6. The largest absolute Gasteiger partial charge is 0.476 e. The van der Waals surface area contributed by atoms with Gasteiger partial charge in [-0.15, -0.1) is 0 Å². The van der Waals surface area contributed by atoms with E-state index >= 15 is 0 Å². The smallest absolute Gasteiger partial charge is 0.356 e. The van der Waals surface area contributed by atoms with Crippen LogP contribution in [0.1, 0.15) is 24.3 Å². The molecule has 88 valence electrons. The quantitative estimate of drug-likeness (QED) is 0.751. The highest BCUT2D eigenvalue weighted by atomic mass is 16.5. The Hall–Kier alpha value is -1.69. The van der Waals surface area contributed by atoms with Crippen LogP contribution in [0.3, 0.4) is 0 Å². The number of hydrogen-bond donors (Lipinski definition) is 2. The molecule has 0 spiro atoms. The lowest BCUT2D eigenvalue weighted by atomic mass is 10.4. The second-order valence-corrected chi connectivity index (χ2v) is 3.24. The van der Waals surface area contributed by atoms with Crippen molar-refractivity contribution in [3.05, 3.63) is 18.1 Å². The Morgan fingerprint density at radius 1 is 1.56 bits per heavy atom. The normalized spacial score (nSPS) is 12.1. The molecule has 0 aliphatic rings. The molecule has 0 bridgehead atoms. The van der Waals surface area contributed by atoms with Gasteiger partial charge < -0.3 is 15.2 Å². The molecule has 0 amide bonds. The fraction of sp³-hybridized carbons (Fsp3) is 0.500. The van der Waals surface area contributed by atoms with Crippen molar-refractivity contribution in [1.29, 1.82) is 0 Å². The zero-order valence-electron chi connectivity index (χ0n) is 9.30. The predicted molar refractivity (Wildman–Crippen MR) is 58.6 cm³/mol. The molecule has 6 nitrogen and oxygen atoms in total. The van der Waals surface area contributed by atoms with Crippen molar-refractivity contribution in [3.8, 4) is 0 Å². The van der Waals surface area contributed by atoms with Gasteiger partial charge in [0.15, 0.2) is 5.69 Å². The van der Waals surface area contributed by atoms with Crippen LogP contribution in [0, 0.1) is 0 Å². The van der Waals surface area contributed by atoms with E-state index in [2.05, 4.69) is 15.3 Å². The molecule has 2 N–H and O–H groups in total. The van der Waals surface area contributed by atoms with Crippen LogP contribution < -0.4 is 5.32 Å². The number of hydrogen-bond acceptors (Lipinski definition) is 5. The van der Waals surface area contributed by atoms with Gasteiger partial charge in [-0.1, -0.05) is 0 Å². The lowest BCUT2D eigenvalue weighted by molar-refractivity contribution is 0.0689. The average molecular weight is 225 g/mol. The van der Waals surface area contributed by atoms with Gasteiger partial charge in [0, 0.05) is 13.2 Å². The summed E-state index contributed by atoms with van der Waals surface area (Å²) in [5.41, 5.74) is -0.0663. The zero-order valence-corrected chi connectivity index (χ0v) is 9.30. The number of nitrogens with zero attached hydrogens (tertiary/aromatic N) is 2. The maximum absolute atomic E-state index is 10.5. The van der Waals surface area contributed by atoms with E-state index in [-0.39, 0.29) is 11.8 Å². The Labute approximate surface area is 93.7 Å². The van der Waals surface area contributed by atoms with Gasteiger partial charge in [-0.25, -0.2) is 14.8 Å². The summed E-state index contributed by atoms with van der Waals surface area (Å²) in [6.45, 7) is 5.13. The first kappa shape index (κ1) is 12.4. The molecule has 1 aromatic heterocycles. The average Bonchev–Trinajstić information content (AvgIpc) is 2.27. The Bertz CT molecular complexity index is 340. The third-order valence-corrected chi connectivity index (χ3v) is 1.89. The van der Waals surface area contributed by atoms with Crippen LogP contribution in [-0.4, -0.2) is 40.3 Å². The number of ether oxygens (including phenoxy) is 1.